The predicted molar refractivity (Wildman–Crippen MR) is 59.9 cm³/mol. The SMILES string of the molecule is O=C(O)CCNc1c(Cl)cc(F)cc1Br. The molecule has 0 aliphatic heterocycles. The van der Waals surface area contributed by atoms with Crippen molar-refractivity contribution in [3.05, 3.63) is 27.4 Å². The van der Waals surface area contributed by atoms with Crippen LogP contribution in [0.2, 0.25) is 5.02 Å². The van der Waals surface area contributed by atoms with Gasteiger partial charge in [0.25, 0.3) is 0 Å². The maximum Gasteiger partial charge on any atom is 0.305 e. The third-order valence-corrected chi connectivity index (χ3v) is 2.57. The normalized spacial score (nSPS) is 10.1. The minimum Gasteiger partial charge on any atom is -0.481 e. The zero-order valence-corrected chi connectivity index (χ0v) is 9.90. The summed E-state index contributed by atoms with van der Waals surface area (Å²) in [6, 6.07) is 2.42. The Balaban J connectivity index is 2.72. The van der Waals surface area contributed by atoms with Gasteiger partial charge in [-0.1, -0.05) is 11.6 Å². The summed E-state index contributed by atoms with van der Waals surface area (Å²) >= 11 is 8.90. The molecule has 1 aromatic carbocycles. The van der Waals surface area contributed by atoms with Gasteiger partial charge in [-0.15, -0.1) is 0 Å². The molecule has 1 aromatic rings. The lowest BCUT2D eigenvalue weighted by Crippen LogP contribution is -2.08. The molecular weight excluding hydrogens is 288 g/mol. The van der Waals surface area contributed by atoms with Crippen molar-refractivity contribution in [2.45, 2.75) is 6.42 Å². The number of nitrogens with one attached hydrogen (secondary N) is 1. The maximum atomic E-state index is 12.8. The second kappa shape index (κ2) is 5.32. The molecule has 6 heteroatoms. The lowest BCUT2D eigenvalue weighted by atomic mass is 10.3. The van der Waals surface area contributed by atoms with Gasteiger partial charge in [-0.05, 0) is 28.1 Å². The van der Waals surface area contributed by atoms with Crippen LogP contribution in [0.4, 0.5) is 10.1 Å². The number of aliphatic carboxylic acids is 1. The average molecular weight is 297 g/mol. The van der Waals surface area contributed by atoms with Crippen LogP contribution in [-0.2, 0) is 4.79 Å². The molecule has 0 aliphatic rings. The molecule has 0 bridgehead atoms. The van der Waals surface area contributed by atoms with Crippen LogP contribution >= 0.6 is 27.5 Å². The van der Waals surface area contributed by atoms with Crippen molar-refractivity contribution < 1.29 is 14.3 Å². The molecule has 0 saturated heterocycles. The number of hydrogen-bond acceptors (Lipinski definition) is 2. The van der Waals surface area contributed by atoms with Crippen molar-refractivity contribution in [2.24, 2.45) is 0 Å². The fourth-order valence-electron chi connectivity index (χ4n) is 1.01. The predicted octanol–water partition coefficient (Wildman–Crippen LogP) is 3.13. The maximum absolute atomic E-state index is 12.8. The average Bonchev–Trinajstić information content (AvgIpc) is 2.08. The Labute approximate surface area is 99.4 Å². The highest BCUT2D eigenvalue weighted by Gasteiger charge is 2.07. The number of rotatable bonds is 4. The first-order valence-electron chi connectivity index (χ1n) is 4.11. The van der Waals surface area contributed by atoms with E-state index in [0.717, 1.165) is 6.07 Å². The van der Waals surface area contributed by atoms with Gasteiger partial charge in [0.05, 0.1) is 17.1 Å². The molecule has 2 N–H and O–H groups in total. The van der Waals surface area contributed by atoms with Crippen LogP contribution in [0.25, 0.3) is 0 Å². The van der Waals surface area contributed by atoms with Gasteiger partial charge in [-0.25, -0.2) is 4.39 Å². The molecule has 0 aliphatic carbocycles. The molecule has 0 amide bonds. The van der Waals surface area contributed by atoms with E-state index >= 15 is 0 Å². The quantitative estimate of drug-likeness (QED) is 0.897. The molecule has 0 atom stereocenters. The van der Waals surface area contributed by atoms with Gasteiger partial charge in [-0.2, -0.15) is 0 Å². The molecule has 0 spiro atoms. The Morgan fingerprint density at radius 2 is 2.27 bits per heavy atom. The van der Waals surface area contributed by atoms with Crippen molar-refractivity contribution in [2.75, 3.05) is 11.9 Å². The fraction of sp³-hybridized carbons (Fsp3) is 0.222. The number of carboxylic acids is 1. The Hall–Kier alpha value is -0.810. The highest BCUT2D eigenvalue weighted by Crippen LogP contribution is 2.31. The second-order valence-electron chi connectivity index (χ2n) is 2.81. The molecular formula is C9H8BrClFNO2. The van der Waals surface area contributed by atoms with Crippen LogP contribution in [0.5, 0.6) is 0 Å². The van der Waals surface area contributed by atoms with Crippen LogP contribution in [0.3, 0.4) is 0 Å². The van der Waals surface area contributed by atoms with E-state index in [1.54, 1.807) is 0 Å². The smallest absolute Gasteiger partial charge is 0.305 e. The van der Waals surface area contributed by atoms with E-state index in [2.05, 4.69) is 21.2 Å². The minimum atomic E-state index is -0.906. The van der Waals surface area contributed by atoms with Crippen molar-refractivity contribution in [3.8, 4) is 0 Å². The molecule has 15 heavy (non-hydrogen) atoms. The van der Waals surface area contributed by atoms with Crippen molar-refractivity contribution >= 4 is 39.2 Å². The summed E-state index contributed by atoms with van der Waals surface area (Å²) in [5, 5.41) is 11.5. The number of anilines is 1. The van der Waals surface area contributed by atoms with Crippen LogP contribution < -0.4 is 5.32 Å². The van der Waals surface area contributed by atoms with Crippen LogP contribution in [0.1, 0.15) is 6.42 Å². The summed E-state index contributed by atoms with van der Waals surface area (Å²) in [5.41, 5.74) is 0.499. The molecule has 82 valence electrons. The zero-order valence-electron chi connectivity index (χ0n) is 7.56. The van der Waals surface area contributed by atoms with E-state index in [1.807, 2.05) is 0 Å². The molecule has 0 saturated carbocycles. The molecule has 1 rings (SSSR count). The Bertz CT molecular complexity index is 363. The lowest BCUT2D eigenvalue weighted by molar-refractivity contribution is -0.136. The van der Waals surface area contributed by atoms with E-state index in [-0.39, 0.29) is 18.0 Å². The number of hydrogen-bond donors (Lipinski definition) is 2. The minimum absolute atomic E-state index is 0.0276. The second-order valence-corrected chi connectivity index (χ2v) is 4.08. The third kappa shape index (κ3) is 3.68. The summed E-state index contributed by atoms with van der Waals surface area (Å²) in [6.07, 6.45) is -0.0276. The largest absolute Gasteiger partial charge is 0.481 e. The summed E-state index contributed by atoms with van der Waals surface area (Å²) in [4.78, 5) is 10.3. The molecule has 0 fully saturated rings. The Kier molecular flexibility index (Phi) is 4.35. The summed E-state index contributed by atoms with van der Waals surface area (Å²) < 4.78 is 13.3. The van der Waals surface area contributed by atoms with Crippen LogP contribution in [0, 0.1) is 5.82 Å². The van der Waals surface area contributed by atoms with Crippen LogP contribution in [0.15, 0.2) is 16.6 Å². The first-order valence-corrected chi connectivity index (χ1v) is 5.28. The monoisotopic (exact) mass is 295 g/mol. The van der Waals surface area contributed by atoms with Gasteiger partial charge in [0.2, 0.25) is 0 Å². The first kappa shape index (κ1) is 12.3. The van der Waals surface area contributed by atoms with Gasteiger partial charge in [0, 0.05) is 11.0 Å². The number of halogens is 3. The molecule has 0 aromatic heterocycles. The molecule has 3 nitrogen and oxygen atoms in total. The topological polar surface area (TPSA) is 49.3 Å². The summed E-state index contributed by atoms with van der Waals surface area (Å²) in [5.74, 6) is -1.35. The number of carbonyl (C=O) groups is 1. The highest BCUT2D eigenvalue weighted by molar-refractivity contribution is 9.10. The first-order chi connectivity index (χ1) is 7.00. The summed E-state index contributed by atoms with van der Waals surface area (Å²) in [6.45, 7) is 0.235. The number of benzene rings is 1. The third-order valence-electron chi connectivity index (χ3n) is 1.65. The van der Waals surface area contributed by atoms with E-state index < -0.39 is 11.8 Å². The van der Waals surface area contributed by atoms with Gasteiger partial charge in [0.1, 0.15) is 5.82 Å². The van der Waals surface area contributed by atoms with Gasteiger partial charge >= 0.3 is 5.97 Å². The summed E-state index contributed by atoms with van der Waals surface area (Å²) in [7, 11) is 0. The fourth-order valence-corrected chi connectivity index (χ4v) is 1.96. The van der Waals surface area contributed by atoms with E-state index in [4.69, 9.17) is 16.7 Å². The van der Waals surface area contributed by atoms with E-state index in [9.17, 15) is 9.18 Å². The van der Waals surface area contributed by atoms with Crippen molar-refractivity contribution in [1.82, 2.24) is 0 Å². The highest BCUT2D eigenvalue weighted by atomic mass is 79.9. The standard InChI is InChI=1S/C9H8BrClFNO2/c10-6-3-5(12)4-7(11)9(6)13-2-1-8(14)15/h3-4,13H,1-2H2,(H,14,15). The van der Waals surface area contributed by atoms with Crippen molar-refractivity contribution in [1.29, 1.82) is 0 Å². The Morgan fingerprint density at radius 3 is 2.80 bits per heavy atom. The lowest BCUT2D eigenvalue weighted by Gasteiger charge is -2.09. The molecule has 0 heterocycles. The van der Waals surface area contributed by atoms with E-state index in [0.29, 0.717) is 10.2 Å². The Morgan fingerprint density at radius 1 is 1.60 bits per heavy atom. The van der Waals surface area contributed by atoms with E-state index in [1.165, 1.54) is 6.07 Å². The molecule has 0 unspecified atom stereocenters. The van der Waals surface area contributed by atoms with Gasteiger partial charge in [0.15, 0.2) is 0 Å². The van der Waals surface area contributed by atoms with Gasteiger partial charge in [-0.3, -0.25) is 4.79 Å². The van der Waals surface area contributed by atoms with Gasteiger partial charge < -0.3 is 10.4 Å². The van der Waals surface area contributed by atoms with Crippen molar-refractivity contribution in [3.63, 3.8) is 0 Å². The zero-order chi connectivity index (χ0) is 11.4. The number of carboxylic acid groups (broad SMARTS) is 1. The van der Waals surface area contributed by atoms with Crippen LogP contribution in [-0.4, -0.2) is 17.6 Å². The molecule has 0 radical (unpaired) electrons.